The minimum Gasteiger partial charge on any atom is -0.398 e. The number of nitrogens with zero attached hydrogens (tertiary/aromatic N) is 4. The molecule has 0 unspecified atom stereocenters. The number of nitrogen functional groups attached to an aromatic ring is 1. The van der Waals surface area contributed by atoms with E-state index in [0.717, 1.165) is 22.4 Å². The van der Waals surface area contributed by atoms with Gasteiger partial charge in [-0.05, 0) is 48.4 Å². The molecule has 3 heterocycles. The van der Waals surface area contributed by atoms with Gasteiger partial charge in [0.1, 0.15) is 5.69 Å². The summed E-state index contributed by atoms with van der Waals surface area (Å²) >= 11 is 0. The molecule has 5 rings (SSSR count). The Hall–Kier alpha value is -4.83. The van der Waals surface area contributed by atoms with Gasteiger partial charge in [-0.25, -0.2) is 4.98 Å². The molecular formula is C34H38N6O4. The quantitative estimate of drug-likeness (QED) is 0.317. The average molecular weight is 595 g/mol. The van der Waals surface area contributed by atoms with Crippen LogP contribution in [0, 0.1) is 6.92 Å². The zero-order valence-electron chi connectivity index (χ0n) is 25.8. The molecule has 1 aliphatic rings. The molecule has 0 aliphatic carbocycles. The van der Waals surface area contributed by atoms with Gasteiger partial charge in [0.05, 0.1) is 30.0 Å². The van der Waals surface area contributed by atoms with Crippen LogP contribution in [-0.4, -0.2) is 57.6 Å². The number of nitrogens with one attached hydrogen (secondary N) is 1. The van der Waals surface area contributed by atoms with Crippen molar-refractivity contribution in [3.8, 4) is 11.3 Å². The Bertz CT molecular complexity index is 1770. The highest BCUT2D eigenvalue weighted by Gasteiger charge is 2.21. The normalized spacial score (nSPS) is 13.5. The van der Waals surface area contributed by atoms with E-state index in [4.69, 9.17) is 15.5 Å². The summed E-state index contributed by atoms with van der Waals surface area (Å²) in [6.07, 6.45) is 3.52. The molecule has 2 amide bonds. The summed E-state index contributed by atoms with van der Waals surface area (Å²) in [5.41, 5.74) is 12.1. The van der Waals surface area contributed by atoms with Crippen molar-refractivity contribution in [2.45, 2.75) is 39.5 Å². The molecule has 1 fully saturated rings. The van der Waals surface area contributed by atoms with Gasteiger partial charge in [0.15, 0.2) is 0 Å². The van der Waals surface area contributed by atoms with Gasteiger partial charge in [-0.15, -0.1) is 0 Å². The van der Waals surface area contributed by atoms with Crippen LogP contribution >= 0.6 is 0 Å². The number of nitrogens with two attached hydrogens (primary N) is 1. The van der Waals surface area contributed by atoms with Crippen LogP contribution in [-0.2, 0) is 23.6 Å². The van der Waals surface area contributed by atoms with Crippen LogP contribution in [0.2, 0.25) is 0 Å². The van der Waals surface area contributed by atoms with Gasteiger partial charge in [0.25, 0.3) is 17.4 Å². The summed E-state index contributed by atoms with van der Waals surface area (Å²) in [4.78, 5) is 50.0. The van der Waals surface area contributed by atoms with Crippen molar-refractivity contribution in [1.82, 2.24) is 19.4 Å². The molecule has 0 saturated carbocycles. The molecule has 0 atom stereocenters. The van der Waals surface area contributed by atoms with E-state index in [0.29, 0.717) is 60.2 Å². The number of rotatable bonds is 6. The number of ether oxygens (including phenoxy) is 1. The summed E-state index contributed by atoms with van der Waals surface area (Å²) in [6.45, 7) is 10.2. The molecule has 1 saturated heterocycles. The molecule has 228 valence electrons. The van der Waals surface area contributed by atoms with Crippen LogP contribution < -0.4 is 16.6 Å². The lowest BCUT2D eigenvalue weighted by Crippen LogP contribution is -2.40. The van der Waals surface area contributed by atoms with E-state index in [1.807, 2.05) is 37.3 Å². The third-order valence-electron chi connectivity index (χ3n) is 7.81. The summed E-state index contributed by atoms with van der Waals surface area (Å²) in [6, 6.07) is 14.5. The Balaban J connectivity index is 1.38. The lowest BCUT2D eigenvalue weighted by Gasteiger charge is -2.27. The highest BCUT2D eigenvalue weighted by atomic mass is 16.5. The minimum absolute atomic E-state index is 0.111. The van der Waals surface area contributed by atoms with Crippen molar-refractivity contribution in [2.75, 3.05) is 37.4 Å². The van der Waals surface area contributed by atoms with Crippen LogP contribution in [0.4, 0.5) is 11.4 Å². The van der Waals surface area contributed by atoms with E-state index in [1.165, 1.54) is 4.57 Å². The summed E-state index contributed by atoms with van der Waals surface area (Å²) in [7, 11) is 1.69. The first-order chi connectivity index (χ1) is 20.9. The molecule has 4 aromatic rings. The number of hydrogen-bond donors (Lipinski definition) is 2. The zero-order chi connectivity index (χ0) is 31.6. The topological polar surface area (TPSA) is 132 Å². The second-order valence-corrected chi connectivity index (χ2v) is 12.1. The maximum Gasteiger partial charge on any atom is 0.272 e. The van der Waals surface area contributed by atoms with Crippen molar-refractivity contribution in [2.24, 2.45) is 7.05 Å². The summed E-state index contributed by atoms with van der Waals surface area (Å²) in [5.74, 6) is -0.394. The van der Waals surface area contributed by atoms with E-state index in [1.54, 1.807) is 42.5 Å². The third kappa shape index (κ3) is 6.55. The third-order valence-corrected chi connectivity index (χ3v) is 7.81. The fraction of sp³-hybridized carbons (Fsp3) is 0.324. The van der Waals surface area contributed by atoms with Crippen molar-refractivity contribution >= 4 is 23.2 Å². The van der Waals surface area contributed by atoms with Gasteiger partial charge in [-0.1, -0.05) is 39.0 Å². The first-order valence-corrected chi connectivity index (χ1v) is 14.6. The lowest BCUT2D eigenvalue weighted by molar-refractivity contribution is 0.0303. The molecule has 44 heavy (non-hydrogen) atoms. The molecular weight excluding hydrogens is 556 g/mol. The van der Waals surface area contributed by atoms with E-state index >= 15 is 0 Å². The number of anilines is 2. The molecule has 0 bridgehead atoms. The standard InChI is InChI=1S/C34H38N6O4/c1-21-24(7-6-8-27(21)38-31(41)23-10-12-30(36-19-23)34(2,3)4)29-20-39(5)33(43)28(37-29)18-22-9-11-25(26(35)17-22)32(42)40-13-15-44-16-14-40/h6-12,17,19-20H,13-16,18,35H2,1-5H3,(H,38,41). The maximum atomic E-state index is 13.1. The van der Waals surface area contributed by atoms with Gasteiger partial charge in [-0.3, -0.25) is 19.4 Å². The molecule has 10 heteroatoms. The predicted octanol–water partition coefficient (Wildman–Crippen LogP) is 4.35. The number of benzene rings is 2. The van der Waals surface area contributed by atoms with Crippen molar-refractivity contribution < 1.29 is 14.3 Å². The van der Waals surface area contributed by atoms with Crippen molar-refractivity contribution in [3.05, 3.63) is 105 Å². The van der Waals surface area contributed by atoms with Crippen LogP contribution in [0.5, 0.6) is 0 Å². The van der Waals surface area contributed by atoms with Gasteiger partial charge in [-0.2, -0.15) is 0 Å². The Morgan fingerprint density at radius 2 is 1.82 bits per heavy atom. The van der Waals surface area contributed by atoms with E-state index in [9.17, 15) is 14.4 Å². The van der Waals surface area contributed by atoms with Crippen LogP contribution in [0.3, 0.4) is 0 Å². The van der Waals surface area contributed by atoms with E-state index < -0.39 is 0 Å². The SMILES string of the molecule is Cc1c(NC(=O)c2ccc(C(C)(C)C)nc2)cccc1-c1cn(C)c(=O)c(Cc2ccc(C(=O)N3CCOCC3)c(N)c2)n1. The number of pyridine rings is 1. The largest absolute Gasteiger partial charge is 0.398 e. The van der Waals surface area contributed by atoms with E-state index in [-0.39, 0.29) is 29.2 Å². The predicted molar refractivity (Wildman–Crippen MR) is 171 cm³/mol. The first-order valence-electron chi connectivity index (χ1n) is 14.6. The molecule has 2 aromatic heterocycles. The van der Waals surface area contributed by atoms with Crippen LogP contribution in [0.15, 0.2) is 65.7 Å². The summed E-state index contributed by atoms with van der Waals surface area (Å²) < 4.78 is 6.85. The molecule has 1 aliphatic heterocycles. The Labute approximate surface area is 256 Å². The minimum atomic E-state index is -0.263. The van der Waals surface area contributed by atoms with E-state index in [2.05, 4.69) is 31.1 Å². The number of aryl methyl sites for hydroxylation is 1. The van der Waals surface area contributed by atoms with Crippen LogP contribution in [0.25, 0.3) is 11.3 Å². The van der Waals surface area contributed by atoms with Crippen molar-refractivity contribution in [1.29, 1.82) is 0 Å². The number of morpholine rings is 1. The zero-order valence-corrected chi connectivity index (χ0v) is 25.8. The smallest absolute Gasteiger partial charge is 0.272 e. The molecule has 0 spiro atoms. The second-order valence-electron chi connectivity index (χ2n) is 12.1. The number of carbonyl (C=O) groups is 2. The number of amides is 2. The Kier molecular flexibility index (Phi) is 8.64. The van der Waals surface area contributed by atoms with Crippen LogP contribution in [0.1, 0.15) is 64.0 Å². The first kappa shape index (κ1) is 30.6. The lowest BCUT2D eigenvalue weighted by atomic mass is 9.91. The fourth-order valence-electron chi connectivity index (χ4n) is 5.17. The van der Waals surface area contributed by atoms with Gasteiger partial charge < -0.3 is 25.3 Å². The number of aromatic nitrogens is 3. The molecule has 2 aromatic carbocycles. The van der Waals surface area contributed by atoms with Gasteiger partial charge in [0, 0.05) is 67.0 Å². The monoisotopic (exact) mass is 594 g/mol. The highest BCUT2D eigenvalue weighted by Crippen LogP contribution is 2.28. The number of carbonyl (C=O) groups excluding carboxylic acids is 2. The molecule has 0 radical (unpaired) electrons. The molecule has 3 N–H and O–H groups in total. The Morgan fingerprint density at radius 3 is 2.48 bits per heavy atom. The number of hydrogen-bond acceptors (Lipinski definition) is 7. The second kappa shape index (κ2) is 12.4. The van der Waals surface area contributed by atoms with Gasteiger partial charge in [0.2, 0.25) is 0 Å². The highest BCUT2D eigenvalue weighted by molar-refractivity contribution is 6.05. The summed E-state index contributed by atoms with van der Waals surface area (Å²) in [5, 5.41) is 2.99. The molecule has 10 nitrogen and oxygen atoms in total. The Morgan fingerprint density at radius 1 is 1.07 bits per heavy atom. The average Bonchev–Trinajstić information content (AvgIpc) is 3.00. The maximum absolute atomic E-state index is 13.1. The van der Waals surface area contributed by atoms with Crippen molar-refractivity contribution in [3.63, 3.8) is 0 Å². The fourth-order valence-corrected chi connectivity index (χ4v) is 5.17. The van der Waals surface area contributed by atoms with Gasteiger partial charge >= 0.3 is 0 Å².